The van der Waals surface area contributed by atoms with Gasteiger partial charge in [-0.05, 0) is 64.7 Å². The van der Waals surface area contributed by atoms with Gasteiger partial charge >= 0.3 is 0 Å². The van der Waals surface area contributed by atoms with Gasteiger partial charge in [0.1, 0.15) is 0 Å². The first-order valence-corrected chi connectivity index (χ1v) is 6.92. The Hall–Kier alpha value is -0.320. The normalized spacial score (nSPS) is 20.6. The zero-order valence-corrected chi connectivity index (χ0v) is 12.1. The minimum absolute atomic E-state index is 0. The molecule has 4 nitrogen and oxygen atoms in total. The molecule has 2 fully saturated rings. The zero-order chi connectivity index (χ0) is 12.1. The molecule has 1 amide bonds. The number of nitrogens with zero attached hydrogens (tertiary/aromatic N) is 1. The van der Waals surface area contributed by atoms with Gasteiger partial charge in [-0.2, -0.15) is 0 Å². The number of piperidine rings is 1. The van der Waals surface area contributed by atoms with Crippen LogP contribution in [0.1, 0.15) is 32.1 Å². The largest absolute Gasteiger partial charge is 0.352 e. The van der Waals surface area contributed by atoms with Crippen LogP contribution < -0.4 is 10.6 Å². The lowest BCUT2D eigenvalue weighted by atomic mass is 9.94. The van der Waals surface area contributed by atoms with E-state index in [1.807, 2.05) is 7.05 Å². The van der Waals surface area contributed by atoms with E-state index in [1.165, 1.54) is 32.1 Å². The minimum Gasteiger partial charge on any atom is -0.352 e. The van der Waals surface area contributed by atoms with E-state index in [0.29, 0.717) is 12.6 Å². The Bertz CT molecular complexity index is 253. The Morgan fingerprint density at radius 3 is 2.56 bits per heavy atom. The lowest BCUT2D eigenvalue weighted by Crippen LogP contribution is -2.37. The molecule has 0 bridgehead atoms. The number of carbonyl (C=O) groups is 1. The summed E-state index contributed by atoms with van der Waals surface area (Å²) in [6.07, 6.45) is 6.16. The number of hydrogen-bond donors (Lipinski definition) is 2. The summed E-state index contributed by atoms with van der Waals surface area (Å²) in [5.41, 5.74) is 0. The van der Waals surface area contributed by atoms with Crippen molar-refractivity contribution >= 4 is 18.3 Å². The average Bonchev–Trinajstić information content (AvgIpc) is 3.11. The van der Waals surface area contributed by atoms with Crippen molar-refractivity contribution in [1.29, 1.82) is 0 Å². The van der Waals surface area contributed by atoms with Gasteiger partial charge in [-0.15, -0.1) is 12.4 Å². The highest BCUT2D eigenvalue weighted by Gasteiger charge is 2.23. The fraction of sp³-hybridized carbons (Fsp3) is 0.923. The summed E-state index contributed by atoms with van der Waals surface area (Å²) in [5.74, 6) is 1.05. The lowest BCUT2D eigenvalue weighted by Gasteiger charge is -2.25. The molecule has 0 spiro atoms. The average molecular weight is 276 g/mol. The van der Waals surface area contributed by atoms with Crippen molar-refractivity contribution < 1.29 is 4.79 Å². The topological polar surface area (TPSA) is 44.4 Å². The second-order valence-corrected chi connectivity index (χ2v) is 5.56. The van der Waals surface area contributed by atoms with Crippen LogP contribution in [0.3, 0.4) is 0 Å². The molecule has 18 heavy (non-hydrogen) atoms. The van der Waals surface area contributed by atoms with Crippen LogP contribution in [0, 0.1) is 5.92 Å². The van der Waals surface area contributed by atoms with Gasteiger partial charge in [0.05, 0.1) is 6.54 Å². The predicted molar refractivity (Wildman–Crippen MR) is 76.1 cm³/mol. The van der Waals surface area contributed by atoms with E-state index in [1.54, 1.807) is 0 Å². The van der Waals surface area contributed by atoms with Crippen LogP contribution in [0.15, 0.2) is 0 Å². The fourth-order valence-corrected chi connectivity index (χ4v) is 2.40. The molecule has 5 heteroatoms. The fourth-order valence-electron chi connectivity index (χ4n) is 2.40. The van der Waals surface area contributed by atoms with Gasteiger partial charge in [0, 0.05) is 6.04 Å². The molecule has 0 aromatic heterocycles. The predicted octanol–water partition coefficient (Wildman–Crippen LogP) is 1.01. The van der Waals surface area contributed by atoms with E-state index in [-0.39, 0.29) is 18.3 Å². The molecule has 1 aliphatic heterocycles. The summed E-state index contributed by atoms with van der Waals surface area (Å²) < 4.78 is 0. The summed E-state index contributed by atoms with van der Waals surface area (Å²) in [7, 11) is 2.05. The van der Waals surface area contributed by atoms with E-state index in [0.717, 1.165) is 25.6 Å². The summed E-state index contributed by atoms with van der Waals surface area (Å²) in [6.45, 7) is 3.93. The standard InChI is InChI=1S/C13H25N3O.ClH/c1-16(10-13(17)15-12-2-3-12)9-6-11-4-7-14-8-5-11;/h11-12,14H,2-10H2,1H3,(H,15,17);1H. The molecule has 2 aliphatic rings. The number of carbonyl (C=O) groups excluding carboxylic acids is 1. The van der Waals surface area contributed by atoms with Crippen molar-refractivity contribution in [2.75, 3.05) is 33.2 Å². The molecule has 1 heterocycles. The van der Waals surface area contributed by atoms with Gasteiger partial charge < -0.3 is 10.6 Å². The molecule has 0 aromatic carbocycles. The number of nitrogens with one attached hydrogen (secondary N) is 2. The molecule has 0 atom stereocenters. The number of likely N-dealkylation sites (N-methyl/N-ethyl adjacent to an activating group) is 1. The summed E-state index contributed by atoms with van der Waals surface area (Å²) in [4.78, 5) is 13.7. The summed E-state index contributed by atoms with van der Waals surface area (Å²) in [5, 5.41) is 6.42. The number of hydrogen-bond acceptors (Lipinski definition) is 3. The maximum atomic E-state index is 11.6. The Morgan fingerprint density at radius 1 is 1.28 bits per heavy atom. The van der Waals surface area contributed by atoms with Crippen molar-refractivity contribution in [2.45, 2.75) is 38.1 Å². The van der Waals surface area contributed by atoms with Crippen LogP contribution in [0.25, 0.3) is 0 Å². The van der Waals surface area contributed by atoms with Crippen molar-refractivity contribution in [1.82, 2.24) is 15.5 Å². The third-order valence-corrected chi connectivity index (χ3v) is 3.73. The lowest BCUT2D eigenvalue weighted by molar-refractivity contribution is -0.122. The highest BCUT2D eigenvalue weighted by molar-refractivity contribution is 5.85. The van der Waals surface area contributed by atoms with Crippen molar-refractivity contribution in [3.05, 3.63) is 0 Å². The van der Waals surface area contributed by atoms with Crippen molar-refractivity contribution in [2.24, 2.45) is 5.92 Å². The Balaban J connectivity index is 0.00000162. The van der Waals surface area contributed by atoms with Gasteiger partial charge in [-0.25, -0.2) is 0 Å². The molecule has 0 radical (unpaired) electrons. The van der Waals surface area contributed by atoms with Gasteiger partial charge in [0.2, 0.25) is 5.91 Å². The molecule has 1 saturated heterocycles. The van der Waals surface area contributed by atoms with Crippen LogP contribution in [0.4, 0.5) is 0 Å². The van der Waals surface area contributed by atoms with Crippen LogP contribution in [0.5, 0.6) is 0 Å². The van der Waals surface area contributed by atoms with Gasteiger partial charge in [0.15, 0.2) is 0 Å². The van der Waals surface area contributed by atoms with E-state index in [2.05, 4.69) is 15.5 Å². The molecule has 2 N–H and O–H groups in total. The monoisotopic (exact) mass is 275 g/mol. The third kappa shape index (κ3) is 6.03. The molecule has 1 aliphatic carbocycles. The van der Waals surface area contributed by atoms with E-state index in [4.69, 9.17) is 0 Å². The summed E-state index contributed by atoms with van der Waals surface area (Å²) >= 11 is 0. The zero-order valence-electron chi connectivity index (χ0n) is 11.3. The van der Waals surface area contributed by atoms with E-state index in [9.17, 15) is 4.79 Å². The van der Waals surface area contributed by atoms with Gasteiger partial charge in [-0.3, -0.25) is 9.69 Å². The van der Waals surface area contributed by atoms with E-state index < -0.39 is 0 Å². The number of amides is 1. The number of rotatable bonds is 6. The molecule has 0 aromatic rings. The van der Waals surface area contributed by atoms with Crippen LogP contribution in [0.2, 0.25) is 0 Å². The molecular weight excluding hydrogens is 250 g/mol. The summed E-state index contributed by atoms with van der Waals surface area (Å²) in [6, 6.07) is 0.486. The van der Waals surface area contributed by atoms with Crippen LogP contribution in [-0.4, -0.2) is 50.1 Å². The SMILES string of the molecule is CN(CCC1CCNCC1)CC(=O)NC1CC1.Cl. The molecule has 106 valence electrons. The second-order valence-electron chi connectivity index (χ2n) is 5.56. The first kappa shape index (κ1) is 15.7. The highest BCUT2D eigenvalue weighted by Crippen LogP contribution is 2.18. The van der Waals surface area contributed by atoms with E-state index >= 15 is 0 Å². The minimum atomic E-state index is 0. The first-order valence-electron chi connectivity index (χ1n) is 6.92. The molecule has 0 unspecified atom stereocenters. The Kier molecular flexibility index (Phi) is 6.97. The molecule has 2 rings (SSSR count). The van der Waals surface area contributed by atoms with Gasteiger partial charge in [0.25, 0.3) is 0 Å². The maximum Gasteiger partial charge on any atom is 0.234 e. The second kappa shape index (κ2) is 7.97. The van der Waals surface area contributed by atoms with Crippen LogP contribution >= 0.6 is 12.4 Å². The smallest absolute Gasteiger partial charge is 0.234 e. The van der Waals surface area contributed by atoms with Crippen molar-refractivity contribution in [3.63, 3.8) is 0 Å². The Morgan fingerprint density at radius 2 is 1.94 bits per heavy atom. The molecule has 1 saturated carbocycles. The van der Waals surface area contributed by atoms with Crippen molar-refractivity contribution in [3.8, 4) is 0 Å². The quantitative estimate of drug-likeness (QED) is 0.760. The first-order chi connectivity index (χ1) is 8.24. The highest BCUT2D eigenvalue weighted by atomic mass is 35.5. The third-order valence-electron chi connectivity index (χ3n) is 3.73. The van der Waals surface area contributed by atoms with Gasteiger partial charge in [-0.1, -0.05) is 0 Å². The Labute approximate surface area is 116 Å². The maximum absolute atomic E-state index is 11.6. The number of halogens is 1. The molecular formula is C13H26ClN3O. The van der Waals surface area contributed by atoms with Crippen LogP contribution in [-0.2, 0) is 4.79 Å².